The van der Waals surface area contributed by atoms with Gasteiger partial charge in [0.2, 0.25) is 5.91 Å². The van der Waals surface area contributed by atoms with E-state index in [2.05, 4.69) is 13.8 Å². The smallest absolute Gasteiger partial charge is 0.255 e. The zero-order valence-corrected chi connectivity index (χ0v) is 16.1. The lowest BCUT2D eigenvalue weighted by Gasteiger charge is -2.31. The number of hydrogen-bond acceptors (Lipinski definition) is 3. The summed E-state index contributed by atoms with van der Waals surface area (Å²) < 4.78 is 0. The lowest BCUT2D eigenvalue weighted by molar-refractivity contribution is -0.133. The number of carbonyl (C=O) groups excluding carboxylic acids is 2. The maximum atomic E-state index is 12.7. The van der Waals surface area contributed by atoms with Gasteiger partial charge in [0.05, 0.1) is 23.2 Å². The molecule has 1 aliphatic rings. The molecule has 1 atom stereocenters. The lowest BCUT2D eigenvalue weighted by atomic mass is 10.0. The maximum Gasteiger partial charge on any atom is 0.255 e. The Hall–Kier alpha value is -1.30. The summed E-state index contributed by atoms with van der Waals surface area (Å²) in [5, 5.41) is 10.4. The molecule has 2 rings (SSSR count). The van der Waals surface area contributed by atoms with Crippen molar-refractivity contribution in [3.05, 3.63) is 33.8 Å². The number of hydrogen-bond donors (Lipinski definition) is 1. The number of halogens is 2. The van der Waals surface area contributed by atoms with E-state index in [-0.39, 0.29) is 30.9 Å². The van der Waals surface area contributed by atoms with Crippen LogP contribution in [0.2, 0.25) is 10.0 Å². The molecule has 1 fully saturated rings. The molecule has 7 heteroatoms. The fourth-order valence-electron chi connectivity index (χ4n) is 3.11. The van der Waals surface area contributed by atoms with Crippen molar-refractivity contribution in [2.45, 2.75) is 32.7 Å². The third-order valence-electron chi connectivity index (χ3n) is 4.37. The minimum atomic E-state index is -0.208. The maximum absolute atomic E-state index is 12.7. The summed E-state index contributed by atoms with van der Waals surface area (Å²) in [7, 11) is 0. The van der Waals surface area contributed by atoms with Gasteiger partial charge in [-0.2, -0.15) is 0 Å². The molecule has 0 radical (unpaired) electrons. The van der Waals surface area contributed by atoms with Crippen LogP contribution in [-0.4, -0.2) is 59.0 Å². The van der Waals surface area contributed by atoms with E-state index in [1.807, 2.05) is 0 Å². The van der Waals surface area contributed by atoms with Gasteiger partial charge in [-0.15, -0.1) is 0 Å². The zero-order chi connectivity index (χ0) is 18.6. The Morgan fingerprint density at radius 1 is 1.24 bits per heavy atom. The number of nitrogens with zero attached hydrogens (tertiary/aromatic N) is 2. The first-order chi connectivity index (χ1) is 11.8. The Bertz CT molecular complexity index is 637. The number of aliphatic hydroxyl groups is 1. The first kappa shape index (κ1) is 20.0. The summed E-state index contributed by atoms with van der Waals surface area (Å²) >= 11 is 12.0. The third-order valence-corrected chi connectivity index (χ3v) is 4.92. The molecule has 138 valence electrons. The highest BCUT2D eigenvalue weighted by atomic mass is 35.5. The highest BCUT2D eigenvalue weighted by Gasteiger charge is 2.29. The van der Waals surface area contributed by atoms with Crippen molar-refractivity contribution >= 4 is 35.0 Å². The number of amides is 2. The molecule has 2 amide bonds. The summed E-state index contributed by atoms with van der Waals surface area (Å²) in [5.41, 5.74) is 0.382. The van der Waals surface area contributed by atoms with Crippen LogP contribution < -0.4 is 0 Å². The first-order valence-electron chi connectivity index (χ1n) is 8.48. The van der Waals surface area contributed by atoms with Crippen LogP contribution in [0.5, 0.6) is 0 Å². The summed E-state index contributed by atoms with van der Waals surface area (Å²) in [6, 6.07) is 4.56. The number of carbonyl (C=O) groups is 2. The highest BCUT2D eigenvalue weighted by molar-refractivity contribution is 6.36. The topological polar surface area (TPSA) is 60.9 Å². The lowest BCUT2D eigenvalue weighted by Crippen LogP contribution is -2.44. The van der Waals surface area contributed by atoms with Crippen LogP contribution in [-0.2, 0) is 4.79 Å². The molecule has 0 spiro atoms. The van der Waals surface area contributed by atoms with Crippen molar-refractivity contribution in [2.24, 2.45) is 5.92 Å². The van der Waals surface area contributed by atoms with Crippen LogP contribution in [0.3, 0.4) is 0 Å². The van der Waals surface area contributed by atoms with Gasteiger partial charge < -0.3 is 14.9 Å². The van der Waals surface area contributed by atoms with Crippen molar-refractivity contribution in [3.8, 4) is 0 Å². The second kappa shape index (κ2) is 8.88. The second-order valence-electron chi connectivity index (χ2n) is 6.72. The average molecular weight is 387 g/mol. The molecule has 1 aliphatic heterocycles. The van der Waals surface area contributed by atoms with Gasteiger partial charge in [-0.1, -0.05) is 37.0 Å². The van der Waals surface area contributed by atoms with Gasteiger partial charge in [-0.3, -0.25) is 9.59 Å². The van der Waals surface area contributed by atoms with Gasteiger partial charge in [0.1, 0.15) is 0 Å². The van der Waals surface area contributed by atoms with Crippen molar-refractivity contribution in [3.63, 3.8) is 0 Å². The van der Waals surface area contributed by atoms with Crippen LogP contribution >= 0.6 is 23.2 Å². The quantitative estimate of drug-likeness (QED) is 0.845. The van der Waals surface area contributed by atoms with Gasteiger partial charge in [0.15, 0.2) is 0 Å². The molecular formula is C18H24Cl2N2O3. The average Bonchev–Trinajstić information content (AvgIpc) is 2.74. The Labute approximate surface area is 158 Å². The van der Waals surface area contributed by atoms with Crippen LogP contribution in [0, 0.1) is 5.92 Å². The molecule has 0 unspecified atom stereocenters. The third kappa shape index (κ3) is 5.09. The molecule has 1 aromatic rings. The molecule has 0 bridgehead atoms. The van der Waals surface area contributed by atoms with Crippen LogP contribution in [0.1, 0.15) is 37.0 Å². The van der Waals surface area contributed by atoms with E-state index in [1.54, 1.807) is 21.9 Å². The fraction of sp³-hybridized carbons (Fsp3) is 0.556. The Balaban J connectivity index is 2.11. The van der Waals surface area contributed by atoms with Crippen molar-refractivity contribution < 1.29 is 14.7 Å². The van der Waals surface area contributed by atoms with E-state index in [0.29, 0.717) is 41.2 Å². The number of rotatable bonds is 5. The molecule has 25 heavy (non-hydrogen) atoms. The molecule has 0 aromatic heterocycles. The van der Waals surface area contributed by atoms with Gasteiger partial charge in [0, 0.05) is 31.1 Å². The monoisotopic (exact) mass is 386 g/mol. The molecule has 0 saturated carbocycles. The van der Waals surface area contributed by atoms with Crippen LogP contribution in [0.25, 0.3) is 0 Å². The van der Waals surface area contributed by atoms with Gasteiger partial charge in [0.25, 0.3) is 5.91 Å². The van der Waals surface area contributed by atoms with Gasteiger partial charge >= 0.3 is 0 Å². The minimum absolute atomic E-state index is 0.0304. The molecule has 5 nitrogen and oxygen atoms in total. The normalized spacial score (nSPS) is 17.0. The number of benzene rings is 1. The van der Waals surface area contributed by atoms with E-state index < -0.39 is 0 Å². The van der Waals surface area contributed by atoms with Crippen molar-refractivity contribution in [1.29, 1.82) is 0 Å². The molecule has 1 aromatic carbocycles. The Morgan fingerprint density at radius 3 is 2.56 bits per heavy atom. The molecular weight excluding hydrogens is 363 g/mol. The number of aliphatic hydroxyl groups excluding tert-OH is 1. The fourth-order valence-corrected chi connectivity index (χ4v) is 3.60. The van der Waals surface area contributed by atoms with Crippen molar-refractivity contribution in [1.82, 2.24) is 9.80 Å². The summed E-state index contributed by atoms with van der Waals surface area (Å²) in [6.07, 6.45) is 0.977. The SMILES string of the molecule is CC(C)C[C@@H](CO)N1CCN(C(=O)c2ccc(Cl)cc2Cl)CCC1=O. The largest absolute Gasteiger partial charge is 0.394 e. The van der Waals surface area contributed by atoms with Gasteiger partial charge in [-0.25, -0.2) is 0 Å². The van der Waals surface area contributed by atoms with Gasteiger partial charge in [-0.05, 0) is 30.5 Å². The van der Waals surface area contributed by atoms with E-state index in [1.165, 1.54) is 6.07 Å². The van der Waals surface area contributed by atoms with E-state index in [0.717, 1.165) is 6.42 Å². The van der Waals surface area contributed by atoms with E-state index in [9.17, 15) is 14.7 Å². The van der Waals surface area contributed by atoms with Crippen LogP contribution in [0.4, 0.5) is 0 Å². The van der Waals surface area contributed by atoms with E-state index in [4.69, 9.17) is 23.2 Å². The predicted octanol–water partition coefficient (Wildman–Crippen LogP) is 3.07. The predicted molar refractivity (Wildman–Crippen MR) is 99.0 cm³/mol. The van der Waals surface area contributed by atoms with Crippen molar-refractivity contribution in [2.75, 3.05) is 26.2 Å². The zero-order valence-electron chi connectivity index (χ0n) is 14.5. The summed E-state index contributed by atoms with van der Waals surface area (Å²) in [6.45, 7) is 5.21. The minimum Gasteiger partial charge on any atom is -0.394 e. The first-order valence-corrected chi connectivity index (χ1v) is 9.23. The Kier molecular flexibility index (Phi) is 7.11. The molecule has 0 aliphatic carbocycles. The molecule has 1 heterocycles. The molecule has 1 saturated heterocycles. The standard InChI is InChI=1S/C18H24Cl2N2O3/c1-12(2)9-14(11-23)22-8-7-21(6-5-17(22)24)18(25)15-4-3-13(19)10-16(15)20/h3-4,10,12,14,23H,5-9,11H2,1-2H3/t14-/m0/s1. The highest BCUT2D eigenvalue weighted by Crippen LogP contribution is 2.23. The van der Waals surface area contributed by atoms with Crippen LogP contribution in [0.15, 0.2) is 18.2 Å². The Morgan fingerprint density at radius 2 is 1.96 bits per heavy atom. The summed E-state index contributed by atoms with van der Waals surface area (Å²) in [5.74, 6) is 0.136. The summed E-state index contributed by atoms with van der Waals surface area (Å²) in [4.78, 5) is 28.5. The van der Waals surface area contributed by atoms with E-state index >= 15 is 0 Å². The molecule has 1 N–H and O–H groups in total. The second-order valence-corrected chi connectivity index (χ2v) is 7.56.